The van der Waals surface area contributed by atoms with E-state index in [9.17, 15) is 9.59 Å². The molecule has 0 atom stereocenters. The van der Waals surface area contributed by atoms with E-state index in [0.717, 1.165) is 12.8 Å². The lowest BCUT2D eigenvalue weighted by Gasteiger charge is -2.28. The number of amides is 3. The molecule has 0 unspecified atom stereocenters. The average Bonchev–Trinajstić information content (AvgIpc) is 2.57. The van der Waals surface area contributed by atoms with Crippen LogP contribution in [-0.2, 0) is 4.79 Å². The number of nitrogens with zero attached hydrogens (tertiary/aromatic N) is 4. The Balaban J connectivity index is 2.40. The Kier molecular flexibility index (Phi) is 5.80. The van der Waals surface area contributed by atoms with Crippen LogP contribution in [-0.4, -0.2) is 33.4 Å². The summed E-state index contributed by atoms with van der Waals surface area (Å²) in [5.41, 5.74) is 0.640. The second-order valence-electron chi connectivity index (χ2n) is 5.04. The molecule has 0 spiro atoms. The lowest BCUT2D eigenvalue weighted by atomic mass is 10.2. The number of unbranched alkanes of at least 4 members (excludes halogenated alkanes) is 1. The summed E-state index contributed by atoms with van der Waals surface area (Å²) in [6.07, 6.45) is 6.21. The van der Waals surface area contributed by atoms with E-state index in [1.54, 1.807) is 12.1 Å². The quantitative estimate of drug-likeness (QED) is 0.849. The molecule has 0 aliphatic heterocycles. The Morgan fingerprint density at radius 2 is 1.87 bits per heavy atom. The summed E-state index contributed by atoms with van der Waals surface area (Å²) in [6.45, 7) is 3.79. The second kappa shape index (κ2) is 8.03. The Labute approximate surface area is 135 Å². The number of hydrogen-bond donors (Lipinski definition) is 0. The summed E-state index contributed by atoms with van der Waals surface area (Å²) in [4.78, 5) is 35.7. The third kappa shape index (κ3) is 4.12. The number of carbonyl (C=O) groups is 2. The first-order valence-corrected chi connectivity index (χ1v) is 7.58. The van der Waals surface area contributed by atoms with Gasteiger partial charge in [0.05, 0.1) is 11.9 Å². The number of para-hydroxylation sites is 1. The summed E-state index contributed by atoms with van der Waals surface area (Å²) >= 11 is 0. The standard InChI is InChI=1S/C17H20N4O2/c1-3-4-12-20(14(2)22)17(23)21(15-8-6-5-7-9-15)16-13-18-10-11-19-16/h5-11,13H,3-4,12H2,1-2H3. The van der Waals surface area contributed by atoms with Gasteiger partial charge in [0.25, 0.3) is 0 Å². The molecule has 1 aromatic heterocycles. The van der Waals surface area contributed by atoms with Crippen LogP contribution in [0.25, 0.3) is 0 Å². The number of benzene rings is 1. The van der Waals surface area contributed by atoms with Crippen LogP contribution in [0.5, 0.6) is 0 Å². The molecule has 0 fully saturated rings. The lowest BCUT2D eigenvalue weighted by Crippen LogP contribution is -2.44. The van der Waals surface area contributed by atoms with Gasteiger partial charge in [0.15, 0.2) is 5.82 Å². The highest BCUT2D eigenvalue weighted by Gasteiger charge is 2.27. The fourth-order valence-electron chi connectivity index (χ4n) is 2.15. The van der Waals surface area contributed by atoms with Gasteiger partial charge in [-0.25, -0.2) is 14.7 Å². The molecular formula is C17H20N4O2. The maximum Gasteiger partial charge on any atom is 0.337 e. The van der Waals surface area contributed by atoms with Crippen molar-refractivity contribution < 1.29 is 9.59 Å². The number of carbonyl (C=O) groups excluding carboxylic acids is 2. The van der Waals surface area contributed by atoms with Crippen molar-refractivity contribution in [2.75, 3.05) is 11.4 Å². The zero-order chi connectivity index (χ0) is 16.7. The average molecular weight is 312 g/mol. The van der Waals surface area contributed by atoms with Crippen LogP contribution in [0.3, 0.4) is 0 Å². The summed E-state index contributed by atoms with van der Waals surface area (Å²) in [5, 5.41) is 0. The third-order valence-electron chi connectivity index (χ3n) is 3.33. The highest BCUT2D eigenvalue weighted by Crippen LogP contribution is 2.24. The van der Waals surface area contributed by atoms with Gasteiger partial charge in [0.2, 0.25) is 5.91 Å². The monoisotopic (exact) mass is 312 g/mol. The van der Waals surface area contributed by atoms with Gasteiger partial charge in [-0.15, -0.1) is 0 Å². The summed E-state index contributed by atoms with van der Waals surface area (Å²) in [5.74, 6) is 0.0970. The molecule has 2 aromatic rings. The van der Waals surface area contributed by atoms with Crippen LogP contribution in [0, 0.1) is 0 Å². The van der Waals surface area contributed by atoms with Crippen molar-refractivity contribution in [1.29, 1.82) is 0 Å². The summed E-state index contributed by atoms with van der Waals surface area (Å²) in [6, 6.07) is 8.70. The van der Waals surface area contributed by atoms with Crippen LogP contribution >= 0.6 is 0 Å². The maximum atomic E-state index is 13.0. The number of rotatable bonds is 5. The molecular weight excluding hydrogens is 292 g/mol. The van der Waals surface area contributed by atoms with Crippen LogP contribution in [0.15, 0.2) is 48.9 Å². The minimum atomic E-state index is -0.419. The molecule has 0 aliphatic carbocycles. The van der Waals surface area contributed by atoms with E-state index >= 15 is 0 Å². The fourth-order valence-corrected chi connectivity index (χ4v) is 2.15. The van der Waals surface area contributed by atoms with Crippen molar-refractivity contribution >= 4 is 23.4 Å². The number of hydrogen-bond acceptors (Lipinski definition) is 4. The Bertz CT molecular complexity index is 607. The van der Waals surface area contributed by atoms with E-state index in [4.69, 9.17) is 0 Å². The second-order valence-corrected chi connectivity index (χ2v) is 5.04. The highest BCUT2D eigenvalue weighted by molar-refractivity contribution is 6.05. The molecule has 6 nitrogen and oxygen atoms in total. The predicted octanol–water partition coefficient (Wildman–Crippen LogP) is 3.38. The molecule has 23 heavy (non-hydrogen) atoms. The molecule has 0 saturated heterocycles. The number of anilines is 2. The first kappa shape index (κ1) is 16.6. The lowest BCUT2D eigenvalue weighted by molar-refractivity contribution is -0.125. The normalized spacial score (nSPS) is 10.2. The number of aromatic nitrogens is 2. The van der Waals surface area contributed by atoms with Gasteiger partial charge in [-0.2, -0.15) is 0 Å². The minimum absolute atomic E-state index is 0.284. The zero-order valence-electron chi connectivity index (χ0n) is 13.3. The molecule has 0 saturated carbocycles. The fraction of sp³-hybridized carbons (Fsp3) is 0.294. The van der Waals surface area contributed by atoms with E-state index < -0.39 is 6.03 Å². The van der Waals surface area contributed by atoms with E-state index in [0.29, 0.717) is 18.1 Å². The molecule has 0 N–H and O–H groups in total. The van der Waals surface area contributed by atoms with E-state index in [2.05, 4.69) is 9.97 Å². The van der Waals surface area contributed by atoms with Crippen molar-refractivity contribution in [2.45, 2.75) is 26.7 Å². The van der Waals surface area contributed by atoms with Gasteiger partial charge in [0, 0.05) is 25.9 Å². The third-order valence-corrected chi connectivity index (χ3v) is 3.33. The van der Waals surface area contributed by atoms with Crippen LogP contribution in [0.2, 0.25) is 0 Å². The minimum Gasteiger partial charge on any atom is -0.275 e. The van der Waals surface area contributed by atoms with E-state index in [-0.39, 0.29) is 5.91 Å². The molecule has 0 radical (unpaired) electrons. The first-order chi connectivity index (χ1) is 11.1. The number of urea groups is 1. The van der Waals surface area contributed by atoms with Crippen molar-refractivity contribution in [3.05, 3.63) is 48.9 Å². The largest absolute Gasteiger partial charge is 0.337 e. The van der Waals surface area contributed by atoms with Crippen molar-refractivity contribution in [3.8, 4) is 0 Å². The van der Waals surface area contributed by atoms with Gasteiger partial charge in [-0.3, -0.25) is 14.7 Å². The zero-order valence-corrected chi connectivity index (χ0v) is 13.3. The van der Waals surface area contributed by atoms with Gasteiger partial charge in [-0.1, -0.05) is 31.5 Å². The van der Waals surface area contributed by atoms with Crippen molar-refractivity contribution in [3.63, 3.8) is 0 Å². The molecule has 6 heteroatoms. The van der Waals surface area contributed by atoms with Crippen molar-refractivity contribution in [1.82, 2.24) is 14.9 Å². The summed E-state index contributed by atoms with van der Waals surface area (Å²) < 4.78 is 0. The maximum absolute atomic E-state index is 13.0. The van der Waals surface area contributed by atoms with Gasteiger partial charge >= 0.3 is 6.03 Å². The SMILES string of the molecule is CCCCN(C(C)=O)C(=O)N(c1ccccc1)c1cnccn1. The molecule has 1 heterocycles. The molecule has 120 valence electrons. The highest BCUT2D eigenvalue weighted by atomic mass is 16.2. The van der Waals surface area contributed by atoms with Crippen LogP contribution in [0.4, 0.5) is 16.3 Å². The van der Waals surface area contributed by atoms with Gasteiger partial charge in [-0.05, 0) is 18.6 Å². The van der Waals surface area contributed by atoms with Gasteiger partial charge in [0.1, 0.15) is 0 Å². The molecule has 1 aromatic carbocycles. The van der Waals surface area contributed by atoms with Crippen molar-refractivity contribution in [2.24, 2.45) is 0 Å². The van der Waals surface area contributed by atoms with Crippen LogP contribution in [0.1, 0.15) is 26.7 Å². The summed E-state index contributed by atoms with van der Waals surface area (Å²) in [7, 11) is 0. The topological polar surface area (TPSA) is 66.4 Å². The Hall–Kier alpha value is -2.76. The number of imide groups is 1. The van der Waals surface area contributed by atoms with Gasteiger partial charge < -0.3 is 0 Å². The molecule has 3 amide bonds. The molecule has 2 rings (SSSR count). The first-order valence-electron chi connectivity index (χ1n) is 7.58. The molecule has 0 bridgehead atoms. The van der Waals surface area contributed by atoms with Crippen LogP contribution < -0.4 is 4.90 Å². The Morgan fingerprint density at radius 1 is 1.13 bits per heavy atom. The van der Waals surface area contributed by atoms with E-state index in [1.807, 2.05) is 25.1 Å². The smallest absolute Gasteiger partial charge is 0.275 e. The Morgan fingerprint density at radius 3 is 2.43 bits per heavy atom. The molecule has 0 aliphatic rings. The van der Waals surface area contributed by atoms with E-state index in [1.165, 1.54) is 35.3 Å². The predicted molar refractivity (Wildman–Crippen MR) is 88.3 cm³/mol.